The standard InChI is InChI=1S/C21H14F5N5OS.C8H15NO.C6H13NO/c1-3-29-19-9-6-11(21(24,25)26)14(15(23)16(9)30-20(31-19)32-2)8-4-5-12(22)17-13(8)10(7-27)18(28)33-17;1-7(2)8(10)9-5-3-4-6-9;1-7-4-3-6(5-7)8-2/h4-6H,3,28H2,1-2H3,(H,29,30,31);7H,3-6H2,1-2H3;6H,3-5H2,1-2H3. The Balaban J connectivity index is 0.000000262. The topological polar surface area (TPSA) is 130 Å². The van der Waals surface area contributed by atoms with Crippen molar-refractivity contribution >= 4 is 49.1 Å². The summed E-state index contributed by atoms with van der Waals surface area (Å²) >= 11 is 0.698. The maximum Gasteiger partial charge on any atom is 0.417 e. The molecule has 1 unspecified atom stereocenters. The first-order valence-electron chi connectivity index (χ1n) is 16.5. The van der Waals surface area contributed by atoms with Crippen molar-refractivity contribution in [3.8, 4) is 23.2 Å². The van der Waals surface area contributed by atoms with Gasteiger partial charge in [-0.05, 0) is 50.9 Å². The summed E-state index contributed by atoms with van der Waals surface area (Å²) in [4.78, 5) is 23.4. The van der Waals surface area contributed by atoms with Gasteiger partial charge in [0.25, 0.3) is 0 Å². The average molecular weight is 736 g/mol. The zero-order chi connectivity index (χ0) is 37.6. The monoisotopic (exact) mass is 735 g/mol. The summed E-state index contributed by atoms with van der Waals surface area (Å²) in [5.41, 5.74) is 2.59. The highest BCUT2D eigenvalue weighted by Crippen LogP contribution is 2.47. The van der Waals surface area contributed by atoms with Crippen molar-refractivity contribution in [2.75, 3.05) is 65.0 Å². The number of amides is 1. The molecule has 0 aliphatic carbocycles. The second-order valence-electron chi connectivity index (χ2n) is 12.4. The highest BCUT2D eigenvalue weighted by atomic mass is 32.1. The Kier molecular flexibility index (Phi) is 13.0. The zero-order valence-corrected chi connectivity index (χ0v) is 30.2. The first kappa shape index (κ1) is 39.5. The Morgan fingerprint density at radius 1 is 1.18 bits per heavy atom. The molecular weight excluding hydrogens is 693 g/mol. The van der Waals surface area contributed by atoms with Crippen LogP contribution in [0.25, 0.3) is 32.1 Å². The number of anilines is 2. The number of likely N-dealkylation sites (tertiary alicyclic amines) is 2. The number of halogens is 5. The number of likely N-dealkylation sites (N-methyl/N-ethyl adjacent to an activating group) is 1. The number of aromatic nitrogens is 2. The number of fused-ring (bicyclic) bond motifs is 2. The van der Waals surface area contributed by atoms with Gasteiger partial charge in [0.2, 0.25) is 5.91 Å². The van der Waals surface area contributed by atoms with Gasteiger partial charge in [0.15, 0.2) is 5.82 Å². The number of carbonyl (C=O) groups excluding carboxylic acids is 1. The van der Waals surface area contributed by atoms with E-state index in [2.05, 4.69) is 27.2 Å². The smallest absolute Gasteiger partial charge is 0.417 e. The van der Waals surface area contributed by atoms with Crippen LogP contribution in [0, 0.1) is 28.9 Å². The second-order valence-corrected chi connectivity index (χ2v) is 13.5. The first-order chi connectivity index (χ1) is 24.2. The number of hydrogen-bond donors (Lipinski definition) is 2. The van der Waals surface area contributed by atoms with E-state index in [4.69, 9.17) is 15.2 Å². The van der Waals surface area contributed by atoms with Gasteiger partial charge in [0.05, 0.1) is 29.0 Å². The predicted molar refractivity (Wildman–Crippen MR) is 189 cm³/mol. The lowest BCUT2D eigenvalue weighted by Crippen LogP contribution is -2.31. The molecule has 4 aromatic rings. The highest BCUT2D eigenvalue weighted by Gasteiger charge is 2.38. The highest BCUT2D eigenvalue weighted by molar-refractivity contribution is 7.23. The molecule has 10 nitrogen and oxygen atoms in total. The van der Waals surface area contributed by atoms with Gasteiger partial charge in [0.1, 0.15) is 28.2 Å². The Morgan fingerprint density at radius 3 is 2.37 bits per heavy atom. The number of rotatable bonds is 6. The molecule has 6 rings (SSSR count). The van der Waals surface area contributed by atoms with Crippen LogP contribution >= 0.6 is 11.3 Å². The number of nitrogens with one attached hydrogen (secondary N) is 1. The number of nitrogens with zero attached hydrogens (tertiary/aromatic N) is 5. The molecule has 3 N–H and O–H groups in total. The van der Waals surface area contributed by atoms with Gasteiger partial charge in [-0.1, -0.05) is 19.9 Å². The number of thiophene rings is 1. The molecule has 276 valence electrons. The third kappa shape index (κ3) is 8.77. The van der Waals surface area contributed by atoms with E-state index in [1.54, 1.807) is 20.1 Å². The van der Waals surface area contributed by atoms with Crippen LogP contribution in [0.1, 0.15) is 51.2 Å². The Labute approximate surface area is 297 Å². The summed E-state index contributed by atoms with van der Waals surface area (Å²) in [5.74, 6) is -1.66. The van der Waals surface area contributed by atoms with Gasteiger partial charge in [-0.2, -0.15) is 28.4 Å². The second kappa shape index (κ2) is 16.8. The van der Waals surface area contributed by atoms with Gasteiger partial charge in [-0.25, -0.2) is 8.78 Å². The van der Waals surface area contributed by atoms with E-state index in [9.17, 15) is 27.6 Å². The Morgan fingerprint density at radius 2 is 1.86 bits per heavy atom. The number of nitriles is 1. The molecule has 1 amide bonds. The quantitative estimate of drug-likeness (QED) is 0.196. The lowest BCUT2D eigenvalue weighted by Gasteiger charge is -2.18. The minimum atomic E-state index is -5.00. The first-order valence-corrected chi connectivity index (χ1v) is 17.3. The maximum absolute atomic E-state index is 15.9. The molecule has 0 saturated carbocycles. The number of alkyl halides is 3. The molecule has 2 aliphatic rings. The minimum absolute atomic E-state index is 0.0444. The van der Waals surface area contributed by atoms with E-state index in [1.165, 1.54) is 32.9 Å². The zero-order valence-electron chi connectivity index (χ0n) is 29.4. The lowest BCUT2D eigenvalue weighted by atomic mass is 9.92. The van der Waals surface area contributed by atoms with E-state index in [0.717, 1.165) is 37.8 Å². The van der Waals surface area contributed by atoms with Crippen LogP contribution < -0.4 is 15.8 Å². The maximum atomic E-state index is 15.9. The summed E-state index contributed by atoms with van der Waals surface area (Å²) in [7, 11) is 5.14. The van der Waals surface area contributed by atoms with Crippen LogP contribution in [0.4, 0.5) is 32.8 Å². The molecule has 1 atom stereocenters. The van der Waals surface area contributed by atoms with Crippen molar-refractivity contribution in [3.63, 3.8) is 0 Å². The van der Waals surface area contributed by atoms with Gasteiger partial charge in [-0.3, -0.25) is 4.79 Å². The molecule has 2 aromatic heterocycles. The molecule has 2 fully saturated rings. The number of carbonyl (C=O) groups is 1. The van der Waals surface area contributed by atoms with Gasteiger partial charge < -0.3 is 30.3 Å². The summed E-state index contributed by atoms with van der Waals surface area (Å²) in [6.07, 6.45) is -0.910. The van der Waals surface area contributed by atoms with Gasteiger partial charge >= 0.3 is 12.2 Å². The molecule has 16 heteroatoms. The number of methoxy groups -OCH3 is 2. The molecular formula is C35H42F5N7O3S. The fourth-order valence-electron chi connectivity index (χ4n) is 5.98. The SMILES string of the molecule is CC(C)C(=O)N1CCCC1.CCNc1nc(OC)nc2c(F)c(-c3ccc(F)c4sc(N)c(C#N)c34)c(C(F)(F)F)cc12.COC1CCN(C)C1. The fourth-order valence-corrected chi connectivity index (χ4v) is 6.93. The van der Waals surface area contributed by atoms with Crippen molar-refractivity contribution < 1.29 is 36.2 Å². The predicted octanol–water partition coefficient (Wildman–Crippen LogP) is 7.30. The number of hydrogen-bond acceptors (Lipinski definition) is 10. The largest absolute Gasteiger partial charge is 0.467 e. The van der Waals surface area contributed by atoms with E-state index in [0.29, 0.717) is 23.3 Å². The van der Waals surface area contributed by atoms with Crippen LogP contribution in [0.5, 0.6) is 6.01 Å². The van der Waals surface area contributed by atoms with E-state index >= 15 is 4.39 Å². The molecule has 51 heavy (non-hydrogen) atoms. The number of nitrogen functional groups attached to an aromatic ring is 1. The summed E-state index contributed by atoms with van der Waals surface area (Å²) < 4.78 is 82.7. The van der Waals surface area contributed by atoms with Gasteiger partial charge in [-0.15, -0.1) is 11.3 Å². The van der Waals surface area contributed by atoms with Crippen LogP contribution in [-0.2, 0) is 15.7 Å². The summed E-state index contributed by atoms with van der Waals surface area (Å²) in [6.45, 7) is 10.2. The van der Waals surface area contributed by atoms with E-state index < -0.39 is 34.5 Å². The Hall–Kier alpha value is -4.33. The Bertz CT molecular complexity index is 1910. The van der Waals surface area contributed by atoms with E-state index in [1.807, 2.05) is 18.7 Å². The lowest BCUT2D eigenvalue weighted by molar-refractivity contribution is -0.137. The number of benzene rings is 2. The molecule has 2 aliphatic heterocycles. The summed E-state index contributed by atoms with van der Waals surface area (Å²) in [5, 5.41) is 11.8. The number of ether oxygens (including phenoxy) is 2. The average Bonchev–Trinajstić information content (AvgIpc) is 3.86. The fraction of sp³-hybridized carbons (Fsp3) is 0.486. The summed E-state index contributed by atoms with van der Waals surface area (Å²) in [6, 6.07) is 4.14. The van der Waals surface area contributed by atoms with Crippen LogP contribution in [0.15, 0.2) is 18.2 Å². The molecule has 0 bridgehead atoms. The van der Waals surface area contributed by atoms with Crippen molar-refractivity contribution in [1.82, 2.24) is 19.8 Å². The normalized spacial score (nSPS) is 16.1. The van der Waals surface area contributed by atoms with Crippen LogP contribution in [0.2, 0.25) is 0 Å². The van der Waals surface area contributed by atoms with Crippen LogP contribution in [-0.4, -0.2) is 85.8 Å². The van der Waals surface area contributed by atoms with Crippen molar-refractivity contribution in [2.24, 2.45) is 5.92 Å². The van der Waals surface area contributed by atoms with E-state index in [-0.39, 0.29) is 55.9 Å². The van der Waals surface area contributed by atoms with Gasteiger partial charge in [0, 0.05) is 62.1 Å². The molecule has 2 aromatic carbocycles. The molecule has 0 spiro atoms. The molecule has 4 heterocycles. The third-order valence-corrected chi connectivity index (χ3v) is 9.56. The van der Waals surface area contributed by atoms with Crippen molar-refractivity contribution in [1.29, 1.82) is 5.26 Å². The number of nitrogens with two attached hydrogens (primary N) is 1. The van der Waals surface area contributed by atoms with Crippen LogP contribution in [0.3, 0.4) is 0 Å². The minimum Gasteiger partial charge on any atom is -0.467 e. The molecule has 2 saturated heterocycles. The van der Waals surface area contributed by atoms with Crippen molar-refractivity contribution in [2.45, 2.75) is 52.3 Å². The third-order valence-electron chi connectivity index (χ3n) is 8.54. The molecule has 0 radical (unpaired) electrons. The van der Waals surface area contributed by atoms with Crippen molar-refractivity contribution in [3.05, 3.63) is 41.0 Å².